The average molecular weight is 403 g/mol. The number of aromatic nitrogens is 2. The molecule has 1 atom stereocenters. The third-order valence-corrected chi connectivity index (χ3v) is 5.40. The Kier molecular flexibility index (Phi) is 5.68. The Morgan fingerprint density at radius 2 is 2.07 bits per heavy atom. The maximum Gasteiger partial charge on any atom is 0.282 e. The van der Waals surface area contributed by atoms with Gasteiger partial charge in [0.2, 0.25) is 0 Å². The third-order valence-electron chi connectivity index (χ3n) is 5.40. The van der Waals surface area contributed by atoms with Crippen LogP contribution in [0.15, 0.2) is 42.6 Å². The van der Waals surface area contributed by atoms with Crippen molar-refractivity contribution in [1.82, 2.24) is 9.78 Å². The molecule has 1 aromatic heterocycles. The Balaban J connectivity index is 1.97. The molecule has 0 bridgehead atoms. The van der Waals surface area contributed by atoms with Crippen LogP contribution >= 0.6 is 0 Å². The molecule has 0 radical (unpaired) electrons. The Hall–Kier alpha value is -2.83. The lowest BCUT2D eigenvalue weighted by Gasteiger charge is -2.30. The second-order valence-corrected chi connectivity index (χ2v) is 7.79. The number of halogens is 3. The molecule has 1 aliphatic carbocycles. The summed E-state index contributed by atoms with van der Waals surface area (Å²) in [5, 5.41) is 6.42. The van der Waals surface area contributed by atoms with Crippen molar-refractivity contribution in [2.75, 3.05) is 5.32 Å². The van der Waals surface area contributed by atoms with Crippen LogP contribution in [0.3, 0.4) is 0 Å². The zero-order valence-electron chi connectivity index (χ0n) is 16.8. The molecule has 1 amide bonds. The van der Waals surface area contributed by atoms with Crippen LogP contribution in [0.5, 0.6) is 0 Å². The molecule has 0 fully saturated rings. The van der Waals surface area contributed by atoms with Gasteiger partial charge in [-0.15, -0.1) is 0 Å². The molecule has 2 aromatic rings. The minimum atomic E-state index is -2.87. The van der Waals surface area contributed by atoms with E-state index in [4.69, 9.17) is 0 Å². The van der Waals surface area contributed by atoms with Gasteiger partial charge in [-0.05, 0) is 42.0 Å². The fraction of sp³-hybridized carbons (Fsp3) is 0.364. The fourth-order valence-electron chi connectivity index (χ4n) is 3.16. The number of carbonyl (C=O) groups is 1. The van der Waals surface area contributed by atoms with Crippen molar-refractivity contribution in [2.24, 2.45) is 11.3 Å². The Morgan fingerprint density at radius 3 is 2.69 bits per heavy atom. The number of hydrogen-bond acceptors (Lipinski definition) is 2. The standard InChI is InChI=1S/C22H24F3N3O/c1-5-28-12-17(19(27-28)20(24)25)21(29)26-18-7-6-15(23)11-16(18)14-8-9-22(3,4)13(2)10-14/h6-13,20H,5H2,1-4H3,(H,26,29). The first-order chi connectivity index (χ1) is 13.6. The lowest BCUT2D eigenvalue weighted by molar-refractivity contribution is 0.101. The van der Waals surface area contributed by atoms with Crippen molar-refractivity contribution in [3.8, 4) is 0 Å². The zero-order valence-corrected chi connectivity index (χ0v) is 16.8. The molecule has 29 heavy (non-hydrogen) atoms. The minimum Gasteiger partial charge on any atom is -0.321 e. The van der Waals surface area contributed by atoms with E-state index < -0.39 is 23.8 Å². The number of allylic oxidation sites excluding steroid dienone is 4. The Labute approximate surface area is 168 Å². The zero-order chi connectivity index (χ0) is 21.3. The smallest absolute Gasteiger partial charge is 0.282 e. The highest BCUT2D eigenvalue weighted by Gasteiger charge is 2.27. The van der Waals surface area contributed by atoms with E-state index in [1.54, 1.807) is 6.92 Å². The highest BCUT2D eigenvalue weighted by atomic mass is 19.3. The molecule has 1 aliphatic rings. The lowest BCUT2D eigenvalue weighted by atomic mass is 9.75. The quantitative estimate of drug-likeness (QED) is 0.681. The van der Waals surface area contributed by atoms with Crippen LogP contribution in [0, 0.1) is 17.2 Å². The number of benzene rings is 1. The second kappa shape index (κ2) is 7.89. The molecule has 0 saturated heterocycles. The van der Waals surface area contributed by atoms with Gasteiger partial charge in [0.1, 0.15) is 11.5 Å². The van der Waals surface area contributed by atoms with Gasteiger partial charge in [0, 0.05) is 24.0 Å². The van der Waals surface area contributed by atoms with Gasteiger partial charge in [0.25, 0.3) is 12.3 Å². The van der Waals surface area contributed by atoms with Gasteiger partial charge in [-0.3, -0.25) is 9.48 Å². The number of nitrogens with one attached hydrogen (secondary N) is 1. The number of hydrogen-bond donors (Lipinski definition) is 1. The van der Waals surface area contributed by atoms with E-state index >= 15 is 0 Å². The highest BCUT2D eigenvalue weighted by Crippen LogP contribution is 2.38. The molecule has 154 valence electrons. The largest absolute Gasteiger partial charge is 0.321 e. The summed E-state index contributed by atoms with van der Waals surface area (Å²) in [6, 6.07) is 4.00. The van der Waals surface area contributed by atoms with Crippen molar-refractivity contribution in [1.29, 1.82) is 0 Å². The van der Waals surface area contributed by atoms with Gasteiger partial charge in [0.05, 0.1) is 5.56 Å². The van der Waals surface area contributed by atoms with Crippen LogP contribution in [0.25, 0.3) is 5.57 Å². The maximum absolute atomic E-state index is 14.0. The Morgan fingerprint density at radius 1 is 1.34 bits per heavy atom. The van der Waals surface area contributed by atoms with E-state index in [2.05, 4.69) is 31.2 Å². The van der Waals surface area contributed by atoms with Crippen LogP contribution in [0.2, 0.25) is 0 Å². The number of rotatable bonds is 5. The number of alkyl halides is 2. The number of nitrogens with zero attached hydrogens (tertiary/aromatic N) is 2. The summed E-state index contributed by atoms with van der Waals surface area (Å²) in [4.78, 5) is 12.7. The van der Waals surface area contributed by atoms with Gasteiger partial charge in [-0.25, -0.2) is 13.2 Å². The maximum atomic E-state index is 14.0. The minimum absolute atomic E-state index is 0.0405. The first kappa shape index (κ1) is 20.9. The lowest BCUT2D eigenvalue weighted by Crippen LogP contribution is -2.20. The van der Waals surface area contributed by atoms with Crippen LogP contribution in [-0.2, 0) is 6.54 Å². The summed E-state index contributed by atoms with van der Waals surface area (Å²) in [6.45, 7) is 8.38. The summed E-state index contributed by atoms with van der Waals surface area (Å²) >= 11 is 0. The highest BCUT2D eigenvalue weighted by molar-refractivity contribution is 6.06. The van der Waals surface area contributed by atoms with E-state index in [1.165, 1.54) is 29.1 Å². The number of carbonyl (C=O) groups excluding carboxylic acids is 1. The van der Waals surface area contributed by atoms with Gasteiger partial charge in [-0.2, -0.15) is 5.10 Å². The molecule has 7 heteroatoms. The summed E-state index contributed by atoms with van der Waals surface area (Å²) < 4.78 is 41.8. The number of anilines is 1. The number of aryl methyl sites for hydroxylation is 1. The molecule has 1 N–H and O–H groups in total. The van der Waals surface area contributed by atoms with Crippen molar-refractivity contribution in [3.63, 3.8) is 0 Å². The summed E-state index contributed by atoms with van der Waals surface area (Å²) in [5.41, 5.74) is 0.813. The molecule has 1 unspecified atom stereocenters. The monoisotopic (exact) mass is 403 g/mol. The average Bonchev–Trinajstić information content (AvgIpc) is 3.10. The van der Waals surface area contributed by atoms with Crippen LogP contribution in [-0.4, -0.2) is 15.7 Å². The summed E-state index contributed by atoms with van der Waals surface area (Å²) in [7, 11) is 0. The van der Waals surface area contributed by atoms with E-state index in [-0.39, 0.29) is 16.9 Å². The third kappa shape index (κ3) is 4.28. The van der Waals surface area contributed by atoms with Gasteiger partial charge in [-0.1, -0.05) is 39.0 Å². The van der Waals surface area contributed by atoms with Gasteiger partial charge >= 0.3 is 0 Å². The molecule has 1 heterocycles. The molecular weight excluding hydrogens is 379 g/mol. The summed E-state index contributed by atoms with van der Waals surface area (Å²) in [6.07, 6.45) is 4.38. The first-order valence-electron chi connectivity index (χ1n) is 9.50. The fourth-order valence-corrected chi connectivity index (χ4v) is 3.16. The van der Waals surface area contributed by atoms with E-state index in [0.717, 1.165) is 5.57 Å². The predicted molar refractivity (Wildman–Crippen MR) is 107 cm³/mol. The topological polar surface area (TPSA) is 46.9 Å². The van der Waals surface area contributed by atoms with Crippen LogP contribution in [0.4, 0.5) is 18.9 Å². The van der Waals surface area contributed by atoms with Crippen LogP contribution < -0.4 is 5.32 Å². The molecule has 0 saturated carbocycles. The summed E-state index contributed by atoms with van der Waals surface area (Å²) in [5.74, 6) is -0.957. The molecule has 4 nitrogen and oxygen atoms in total. The van der Waals surface area contributed by atoms with E-state index in [1.807, 2.05) is 18.2 Å². The first-order valence-corrected chi connectivity index (χ1v) is 9.50. The van der Waals surface area contributed by atoms with Crippen molar-refractivity contribution in [2.45, 2.75) is 40.7 Å². The van der Waals surface area contributed by atoms with Crippen molar-refractivity contribution in [3.05, 3.63) is 65.3 Å². The second-order valence-electron chi connectivity index (χ2n) is 7.79. The van der Waals surface area contributed by atoms with Crippen molar-refractivity contribution >= 4 is 17.2 Å². The van der Waals surface area contributed by atoms with Crippen LogP contribution in [0.1, 0.15) is 55.7 Å². The predicted octanol–water partition coefficient (Wildman–Crippen LogP) is 5.85. The molecular formula is C22H24F3N3O. The SMILES string of the molecule is CCn1cc(C(=O)Nc2ccc(F)cc2C2=CC(C)C(C)(C)C=C2)c(C(F)F)n1. The molecule has 0 spiro atoms. The van der Waals surface area contributed by atoms with Gasteiger partial charge in [0.15, 0.2) is 0 Å². The molecule has 1 aromatic carbocycles. The Bertz CT molecular complexity index is 989. The van der Waals surface area contributed by atoms with E-state index in [9.17, 15) is 18.0 Å². The molecule has 3 rings (SSSR count). The normalized spacial score (nSPS) is 18.1. The van der Waals surface area contributed by atoms with Crippen molar-refractivity contribution < 1.29 is 18.0 Å². The van der Waals surface area contributed by atoms with E-state index in [0.29, 0.717) is 17.8 Å². The number of amides is 1. The van der Waals surface area contributed by atoms with Gasteiger partial charge < -0.3 is 5.32 Å². The molecule has 0 aliphatic heterocycles.